The minimum Gasteiger partial charge on any atom is -0.343 e. The molecule has 0 amide bonds. The highest BCUT2D eigenvalue weighted by Crippen LogP contribution is 2.33. The summed E-state index contributed by atoms with van der Waals surface area (Å²) >= 11 is 1.68. The topological polar surface area (TPSA) is 46.8 Å². The van der Waals surface area contributed by atoms with Gasteiger partial charge in [-0.15, -0.1) is 0 Å². The van der Waals surface area contributed by atoms with Gasteiger partial charge in [-0.1, -0.05) is 17.4 Å². The summed E-state index contributed by atoms with van der Waals surface area (Å²) in [5.41, 5.74) is 3.02. The number of fused-ring (bicyclic) bond motifs is 1. The molecule has 0 saturated carbocycles. The average molecular weight is 287 g/mol. The van der Waals surface area contributed by atoms with E-state index in [2.05, 4.69) is 29.0 Å². The Morgan fingerprint density at radius 3 is 2.80 bits per heavy atom. The van der Waals surface area contributed by atoms with Gasteiger partial charge in [0.15, 0.2) is 10.8 Å². The van der Waals surface area contributed by atoms with Gasteiger partial charge in [-0.25, -0.2) is 9.67 Å². The van der Waals surface area contributed by atoms with E-state index in [1.807, 2.05) is 43.0 Å². The lowest BCUT2D eigenvalue weighted by atomic mass is 10.2. The van der Waals surface area contributed by atoms with E-state index in [1.165, 1.54) is 0 Å². The fraction of sp³-hybridized carbons (Fsp3) is 0.357. The maximum absolute atomic E-state index is 4.70. The summed E-state index contributed by atoms with van der Waals surface area (Å²) in [6.07, 6.45) is 1.83. The SMILES string of the molecule is Cc1nn(C)c2nc(N(C)[C@@H](C)c3ccccn3)sc12. The number of hydrogen-bond donors (Lipinski definition) is 0. The molecule has 3 rings (SSSR count). The van der Waals surface area contributed by atoms with Crippen LogP contribution in [0.25, 0.3) is 10.3 Å². The number of thiazole rings is 1. The van der Waals surface area contributed by atoms with Crippen LogP contribution in [0.1, 0.15) is 24.4 Å². The second-order valence-corrected chi connectivity index (χ2v) is 5.88. The average Bonchev–Trinajstić information content (AvgIpc) is 3.01. The third-order valence-corrected chi connectivity index (χ3v) is 4.78. The molecule has 0 aliphatic carbocycles. The van der Waals surface area contributed by atoms with Crippen molar-refractivity contribution in [3.05, 3.63) is 35.8 Å². The zero-order chi connectivity index (χ0) is 14.3. The second-order valence-electron chi connectivity index (χ2n) is 4.90. The Balaban J connectivity index is 1.96. The molecule has 104 valence electrons. The molecule has 3 heterocycles. The minimum atomic E-state index is 0.185. The molecule has 0 spiro atoms. The van der Waals surface area contributed by atoms with E-state index in [0.29, 0.717) is 0 Å². The van der Waals surface area contributed by atoms with Crippen molar-refractivity contribution in [1.29, 1.82) is 0 Å². The van der Waals surface area contributed by atoms with Crippen molar-refractivity contribution in [2.45, 2.75) is 19.9 Å². The van der Waals surface area contributed by atoms with E-state index in [4.69, 9.17) is 4.98 Å². The molecule has 0 aliphatic heterocycles. The van der Waals surface area contributed by atoms with Gasteiger partial charge in [-0.2, -0.15) is 5.10 Å². The highest BCUT2D eigenvalue weighted by atomic mass is 32.1. The molecular formula is C14H17N5S. The first kappa shape index (κ1) is 13.1. The van der Waals surface area contributed by atoms with Crippen LogP contribution in [0.4, 0.5) is 5.13 Å². The first-order valence-corrected chi connectivity index (χ1v) is 7.33. The predicted molar refractivity (Wildman–Crippen MR) is 82.2 cm³/mol. The van der Waals surface area contributed by atoms with Crippen molar-refractivity contribution >= 4 is 26.8 Å². The number of aryl methyl sites for hydroxylation is 2. The number of pyridine rings is 1. The maximum Gasteiger partial charge on any atom is 0.188 e. The summed E-state index contributed by atoms with van der Waals surface area (Å²) < 4.78 is 2.99. The van der Waals surface area contributed by atoms with Gasteiger partial charge in [0.05, 0.1) is 22.1 Å². The number of hydrogen-bond acceptors (Lipinski definition) is 5. The first-order valence-electron chi connectivity index (χ1n) is 6.52. The predicted octanol–water partition coefficient (Wildman–Crippen LogP) is 2.93. The van der Waals surface area contributed by atoms with Crippen molar-refractivity contribution in [2.24, 2.45) is 7.05 Å². The van der Waals surface area contributed by atoms with Crippen molar-refractivity contribution in [3.8, 4) is 0 Å². The van der Waals surface area contributed by atoms with Crippen molar-refractivity contribution in [1.82, 2.24) is 19.7 Å². The van der Waals surface area contributed by atoms with E-state index >= 15 is 0 Å². The van der Waals surface area contributed by atoms with Gasteiger partial charge in [-0.3, -0.25) is 4.98 Å². The highest BCUT2D eigenvalue weighted by molar-refractivity contribution is 7.22. The molecule has 0 unspecified atom stereocenters. The molecule has 0 aliphatic rings. The summed E-state index contributed by atoms with van der Waals surface area (Å²) in [7, 11) is 3.99. The Morgan fingerprint density at radius 2 is 2.15 bits per heavy atom. The Kier molecular flexibility index (Phi) is 3.17. The Hall–Kier alpha value is -1.95. The molecule has 6 heteroatoms. The van der Waals surface area contributed by atoms with E-state index in [1.54, 1.807) is 11.3 Å². The van der Waals surface area contributed by atoms with Crippen LogP contribution in [0.15, 0.2) is 24.4 Å². The standard InChI is InChI=1S/C14H17N5S/c1-9-12-13(19(4)17-9)16-14(20-12)18(3)10(2)11-7-5-6-8-15-11/h5-8,10H,1-4H3/t10-/m0/s1. The number of aromatic nitrogens is 4. The highest BCUT2D eigenvalue weighted by Gasteiger charge is 2.19. The fourth-order valence-corrected chi connectivity index (χ4v) is 3.29. The minimum absolute atomic E-state index is 0.185. The fourth-order valence-electron chi connectivity index (χ4n) is 2.21. The molecule has 0 fully saturated rings. The molecule has 0 saturated heterocycles. The van der Waals surface area contributed by atoms with Crippen molar-refractivity contribution in [3.63, 3.8) is 0 Å². The molecule has 0 aromatic carbocycles. The van der Waals surface area contributed by atoms with Crippen molar-refractivity contribution in [2.75, 3.05) is 11.9 Å². The van der Waals surface area contributed by atoms with Crippen LogP contribution in [-0.4, -0.2) is 26.8 Å². The van der Waals surface area contributed by atoms with E-state index in [9.17, 15) is 0 Å². The molecule has 0 bridgehead atoms. The van der Waals surface area contributed by atoms with Crippen LogP contribution in [-0.2, 0) is 7.05 Å². The van der Waals surface area contributed by atoms with Gasteiger partial charge in [0.1, 0.15) is 0 Å². The number of rotatable bonds is 3. The summed E-state index contributed by atoms with van der Waals surface area (Å²) in [6.45, 7) is 4.16. The van der Waals surface area contributed by atoms with Crippen LogP contribution in [0.3, 0.4) is 0 Å². The quantitative estimate of drug-likeness (QED) is 0.743. The number of anilines is 1. The third kappa shape index (κ3) is 2.06. The van der Waals surface area contributed by atoms with Crippen LogP contribution in [0.2, 0.25) is 0 Å². The van der Waals surface area contributed by atoms with Crippen LogP contribution >= 0.6 is 11.3 Å². The van der Waals surface area contributed by atoms with Crippen molar-refractivity contribution < 1.29 is 0 Å². The zero-order valence-electron chi connectivity index (χ0n) is 12.0. The van der Waals surface area contributed by atoms with Crippen LogP contribution in [0.5, 0.6) is 0 Å². The zero-order valence-corrected chi connectivity index (χ0v) is 12.8. The molecule has 1 atom stereocenters. The maximum atomic E-state index is 4.70. The lowest BCUT2D eigenvalue weighted by Crippen LogP contribution is -2.22. The van der Waals surface area contributed by atoms with Gasteiger partial charge in [0, 0.05) is 20.3 Å². The van der Waals surface area contributed by atoms with E-state index in [-0.39, 0.29) is 6.04 Å². The van der Waals surface area contributed by atoms with Crippen LogP contribution in [0, 0.1) is 6.92 Å². The second kappa shape index (κ2) is 4.86. The Bertz CT molecular complexity index is 696. The molecule has 5 nitrogen and oxygen atoms in total. The van der Waals surface area contributed by atoms with Gasteiger partial charge in [0.25, 0.3) is 0 Å². The molecule has 20 heavy (non-hydrogen) atoms. The Labute approximate surface area is 121 Å². The van der Waals surface area contributed by atoms with Gasteiger partial charge < -0.3 is 4.90 Å². The summed E-state index contributed by atoms with van der Waals surface area (Å²) in [5.74, 6) is 0. The van der Waals surface area contributed by atoms with Gasteiger partial charge in [-0.05, 0) is 26.0 Å². The smallest absolute Gasteiger partial charge is 0.188 e. The molecule has 3 aromatic heterocycles. The summed E-state index contributed by atoms with van der Waals surface area (Å²) in [6, 6.07) is 6.17. The molecule has 0 N–H and O–H groups in total. The first-order chi connectivity index (χ1) is 9.58. The van der Waals surface area contributed by atoms with Gasteiger partial charge in [0.2, 0.25) is 0 Å². The molecular weight excluding hydrogens is 270 g/mol. The summed E-state index contributed by atoms with van der Waals surface area (Å²) in [4.78, 5) is 11.3. The number of nitrogens with zero attached hydrogens (tertiary/aromatic N) is 5. The molecule has 0 radical (unpaired) electrons. The largest absolute Gasteiger partial charge is 0.343 e. The Morgan fingerprint density at radius 1 is 1.35 bits per heavy atom. The lowest BCUT2D eigenvalue weighted by molar-refractivity contribution is 0.710. The van der Waals surface area contributed by atoms with Crippen LogP contribution < -0.4 is 4.90 Å². The van der Waals surface area contributed by atoms with E-state index < -0.39 is 0 Å². The van der Waals surface area contributed by atoms with Gasteiger partial charge >= 0.3 is 0 Å². The monoisotopic (exact) mass is 287 g/mol. The molecule has 3 aromatic rings. The lowest BCUT2D eigenvalue weighted by Gasteiger charge is -2.23. The third-order valence-electron chi connectivity index (χ3n) is 3.53. The van der Waals surface area contributed by atoms with E-state index in [0.717, 1.165) is 26.9 Å². The summed E-state index contributed by atoms with van der Waals surface area (Å²) in [5, 5.41) is 5.38. The normalized spacial score (nSPS) is 12.8.